The first kappa shape index (κ1) is 38.9. The highest BCUT2D eigenvalue weighted by Crippen LogP contribution is 2.45. The van der Waals surface area contributed by atoms with E-state index in [2.05, 4.69) is 54.4 Å². The smallest absolute Gasteiger partial charge is 0.161 e. The van der Waals surface area contributed by atoms with E-state index in [0.29, 0.717) is 50.2 Å². The number of ketones is 2. The molecule has 7 nitrogen and oxygen atoms in total. The number of methoxy groups -OCH3 is 1. The highest BCUT2D eigenvalue weighted by Gasteiger charge is 2.39. The number of carbonyl (C=O) groups excluding carboxylic acids is 2. The van der Waals surface area contributed by atoms with Gasteiger partial charge in [-0.25, -0.2) is 0 Å². The van der Waals surface area contributed by atoms with Gasteiger partial charge in [-0.3, -0.25) is 9.59 Å². The molecule has 284 valence electrons. The van der Waals surface area contributed by atoms with Crippen LogP contribution in [0.3, 0.4) is 0 Å². The van der Waals surface area contributed by atoms with E-state index in [0.717, 1.165) is 53.5 Å². The molecular formula is C47H56N2O5. The summed E-state index contributed by atoms with van der Waals surface area (Å²) in [6.07, 6.45) is 10.8. The van der Waals surface area contributed by atoms with E-state index in [1.807, 2.05) is 48.5 Å². The molecule has 6 unspecified atom stereocenters. The normalized spacial score (nSPS) is 23.7. The van der Waals surface area contributed by atoms with Gasteiger partial charge in [-0.2, -0.15) is 0 Å². The second kappa shape index (κ2) is 18.5. The SMILES string of the molecule is CCCC(CO)C1CC(CC2=CCNC(N)=C2)CC2C#CC(c3ccccc3)c3c(cc(OC)c(O)c3CCc3ccccc3)CCC(=O)CC(=O)C2C1. The van der Waals surface area contributed by atoms with E-state index < -0.39 is 11.8 Å². The number of carbonyl (C=O) groups is 2. The van der Waals surface area contributed by atoms with Crippen LogP contribution >= 0.6 is 0 Å². The summed E-state index contributed by atoms with van der Waals surface area (Å²) in [6, 6.07) is 22.3. The Morgan fingerprint density at radius 2 is 1.74 bits per heavy atom. The third-order valence-electron chi connectivity index (χ3n) is 11.9. The average Bonchev–Trinajstić information content (AvgIpc) is 3.36. The first-order chi connectivity index (χ1) is 26.3. The number of hydrogen-bond donors (Lipinski definition) is 4. The van der Waals surface area contributed by atoms with E-state index in [9.17, 15) is 19.8 Å². The zero-order valence-corrected chi connectivity index (χ0v) is 31.9. The monoisotopic (exact) mass is 728 g/mol. The first-order valence-corrected chi connectivity index (χ1v) is 19.8. The highest BCUT2D eigenvalue weighted by atomic mass is 16.5. The Balaban J connectivity index is 1.50. The van der Waals surface area contributed by atoms with Gasteiger partial charge in [0.1, 0.15) is 11.6 Å². The molecule has 0 amide bonds. The molecule has 2 aliphatic carbocycles. The van der Waals surface area contributed by atoms with Crippen molar-refractivity contribution < 1.29 is 24.5 Å². The molecule has 54 heavy (non-hydrogen) atoms. The van der Waals surface area contributed by atoms with Gasteiger partial charge >= 0.3 is 0 Å². The number of phenolic OH excluding ortho intramolecular Hbond substituents is 1. The summed E-state index contributed by atoms with van der Waals surface area (Å²) < 4.78 is 5.72. The summed E-state index contributed by atoms with van der Waals surface area (Å²) in [5, 5.41) is 25.6. The quantitative estimate of drug-likeness (QED) is 0.119. The number of ether oxygens (including phenoxy) is 1. The minimum Gasteiger partial charge on any atom is -0.504 e. The van der Waals surface area contributed by atoms with Crippen LogP contribution in [-0.2, 0) is 28.9 Å². The van der Waals surface area contributed by atoms with Crippen LogP contribution in [0.15, 0.2) is 90.3 Å². The molecule has 3 aromatic carbocycles. The summed E-state index contributed by atoms with van der Waals surface area (Å²) >= 11 is 0. The number of allylic oxidation sites excluding steroid dienone is 2. The van der Waals surface area contributed by atoms with Crippen molar-refractivity contribution in [3.63, 3.8) is 0 Å². The lowest BCUT2D eigenvalue weighted by molar-refractivity contribution is -0.130. The molecule has 3 aromatic rings. The molecule has 3 aliphatic rings. The van der Waals surface area contributed by atoms with E-state index in [4.69, 9.17) is 10.5 Å². The second-order valence-corrected chi connectivity index (χ2v) is 15.5. The number of nitrogens with two attached hydrogens (primary N) is 1. The van der Waals surface area contributed by atoms with Gasteiger partial charge in [-0.1, -0.05) is 91.9 Å². The fourth-order valence-electron chi connectivity index (χ4n) is 9.14. The van der Waals surface area contributed by atoms with Crippen LogP contribution in [0.5, 0.6) is 11.5 Å². The number of nitrogens with one attached hydrogen (secondary N) is 1. The summed E-state index contributed by atoms with van der Waals surface area (Å²) in [5.74, 6) is 7.79. The summed E-state index contributed by atoms with van der Waals surface area (Å²) in [4.78, 5) is 28.1. The van der Waals surface area contributed by atoms with Crippen molar-refractivity contribution in [1.29, 1.82) is 0 Å². The van der Waals surface area contributed by atoms with Gasteiger partial charge < -0.3 is 26.0 Å². The van der Waals surface area contributed by atoms with Crippen molar-refractivity contribution in [2.75, 3.05) is 20.3 Å². The van der Waals surface area contributed by atoms with Crippen LogP contribution in [0, 0.1) is 41.4 Å². The molecule has 0 aromatic heterocycles. The number of aliphatic hydroxyl groups excluding tert-OH is 1. The van der Waals surface area contributed by atoms with Crippen molar-refractivity contribution in [3.8, 4) is 23.3 Å². The van der Waals surface area contributed by atoms with Gasteiger partial charge in [0.2, 0.25) is 0 Å². The predicted octanol–water partition coefficient (Wildman–Crippen LogP) is 7.57. The number of fused-ring (bicyclic) bond motifs is 2. The number of benzene rings is 3. The molecule has 0 radical (unpaired) electrons. The average molecular weight is 729 g/mol. The topological polar surface area (TPSA) is 122 Å². The van der Waals surface area contributed by atoms with Gasteiger partial charge in [-0.15, -0.1) is 0 Å². The maximum Gasteiger partial charge on any atom is 0.161 e. The molecular weight excluding hydrogens is 673 g/mol. The number of Topliss-reactive ketones (excluding diaryl/α,β-unsaturated/α-hetero) is 2. The fraction of sp³-hybridized carbons (Fsp3) is 0.447. The van der Waals surface area contributed by atoms with Crippen LogP contribution in [0.25, 0.3) is 0 Å². The van der Waals surface area contributed by atoms with Crippen molar-refractivity contribution >= 4 is 11.6 Å². The van der Waals surface area contributed by atoms with Gasteiger partial charge in [0.05, 0.1) is 25.3 Å². The van der Waals surface area contributed by atoms with Gasteiger partial charge in [0.25, 0.3) is 0 Å². The molecule has 1 aliphatic heterocycles. The molecule has 0 spiro atoms. The summed E-state index contributed by atoms with van der Waals surface area (Å²) in [6.45, 7) is 2.89. The first-order valence-electron chi connectivity index (χ1n) is 19.8. The zero-order valence-electron chi connectivity index (χ0n) is 31.9. The van der Waals surface area contributed by atoms with E-state index >= 15 is 0 Å². The Morgan fingerprint density at radius 3 is 2.44 bits per heavy atom. The van der Waals surface area contributed by atoms with Crippen molar-refractivity contribution in [2.45, 2.75) is 83.5 Å². The molecule has 1 heterocycles. The molecule has 1 saturated carbocycles. The van der Waals surface area contributed by atoms with Crippen LogP contribution in [0.1, 0.15) is 92.0 Å². The fourth-order valence-corrected chi connectivity index (χ4v) is 9.14. The lowest BCUT2D eigenvalue weighted by atomic mass is 9.75. The largest absolute Gasteiger partial charge is 0.504 e. The predicted molar refractivity (Wildman–Crippen MR) is 214 cm³/mol. The van der Waals surface area contributed by atoms with Gasteiger partial charge in [0, 0.05) is 37.0 Å². The standard InChI is InChI=1S/C47H56N2O5/c1-3-10-37(30-50)38-25-33(23-32-21-22-49-45(48)26-32)24-35-17-20-40(34-13-8-5-9-14-34)46-36(16-18-39(51)29-43(52)42(35)27-38)28-44(54-2)47(53)41(46)19-15-31-11-6-4-7-12-31/h4-9,11-14,21,26,28,33,35,37-38,40,42,49-50,53H,3,10,15-16,18-19,22-25,27,29-30,48H2,1-2H3. The molecule has 7 heteroatoms. The number of aromatic hydroxyl groups is 1. The zero-order chi connectivity index (χ0) is 38.0. The van der Waals surface area contributed by atoms with Crippen LogP contribution < -0.4 is 15.8 Å². The van der Waals surface area contributed by atoms with Crippen molar-refractivity contribution in [2.24, 2.45) is 35.3 Å². The van der Waals surface area contributed by atoms with Crippen molar-refractivity contribution in [3.05, 3.63) is 118 Å². The number of aryl methyl sites for hydroxylation is 2. The number of dihydropyridines is 1. The number of rotatable bonds is 11. The lowest BCUT2D eigenvalue weighted by Crippen LogP contribution is -2.29. The molecule has 6 rings (SSSR count). The van der Waals surface area contributed by atoms with Crippen molar-refractivity contribution in [1.82, 2.24) is 5.32 Å². The van der Waals surface area contributed by atoms with Crippen LogP contribution in [0.2, 0.25) is 0 Å². The molecule has 1 fully saturated rings. The Labute approximate surface area is 321 Å². The van der Waals surface area contributed by atoms with E-state index in [1.54, 1.807) is 7.11 Å². The Hall–Kier alpha value is -4.80. The van der Waals surface area contributed by atoms with Gasteiger partial charge in [-0.05, 0) is 109 Å². The maximum absolute atomic E-state index is 14.3. The maximum atomic E-state index is 14.3. The minimum absolute atomic E-state index is 0.0349. The molecule has 6 atom stereocenters. The molecule has 0 saturated heterocycles. The number of aliphatic hydroxyl groups is 1. The summed E-state index contributed by atoms with van der Waals surface area (Å²) in [7, 11) is 1.55. The Bertz CT molecular complexity index is 1890. The number of phenols is 1. The summed E-state index contributed by atoms with van der Waals surface area (Å²) in [5.41, 5.74) is 12.1. The van der Waals surface area contributed by atoms with E-state index in [1.165, 1.54) is 5.57 Å². The molecule has 5 N–H and O–H groups in total. The Kier molecular flexibility index (Phi) is 13.3. The molecule has 0 bridgehead atoms. The third-order valence-corrected chi connectivity index (χ3v) is 11.9. The van der Waals surface area contributed by atoms with Crippen LogP contribution in [-0.4, -0.2) is 42.0 Å². The lowest BCUT2D eigenvalue weighted by Gasteiger charge is -2.29. The third kappa shape index (κ3) is 9.46. The second-order valence-electron chi connectivity index (χ2n) is 15.5. The minimum atomic E-state index is -0.415. The highest BCUT2D eigenvalue weighted by molar-refractivity contribution is 6.00. The van der Waals surface area contributed by atoms with Gasteiger partial charge in [0.15, 0.2) is 11.5 Å². The Morgan fingerprint density at radius 1 is 0.981 bits per heavy atom. The number of hydrogen-bond acceptors (Lipinski definition) is 7. The van der Waals surface area contributed by atoms with Crippen LogP contribution in [0.4, 0.5) is 0 Å². The van der Waals surface area contributed by atoms with E-state index in [-0.39, 0.29) is 60.4 Å².